The summed E-state index contributed by atoms with van der Waals surface area (Å²) in [5, 5.41) is 7.46. The lowest BCUT2D eigenvalue weighted by Crippen LogP contribution is -3.14. The number of para-hydroxylation sites is 1. The summed E-state index contributed by atoms with van der Waals surface area (Å²) in [6, 6.07) is 14.9. The van der Waals surface area contributed by atoms with E-state index < -0.39 is 0 Å². The SMILES string of the molecule is CCc1ccccc1NC(=O)C[NH+]1CCc2sccc2[C@H]1c1cccs1. The number of thiophene rings is 2. The van der Waals surface area contributed by atoms with Gasteiger partial charge in [-0.1, -0.05) is 31.2 Å². The minimum absolute atomic E-state index is 0.0983. The Morgan fingerprint density at radius 1 is 1.15 bits per heavy atom. The molecule has 1 aliphatic rings. The van der Waals surface area contributed by atoms with Crippen molar-refractivity contribution in [2.45, 2.75) is 25.8 Å². The van der Waals surface area contributed by atoms with Gasteiger partial charge in [-0.05, 0) is 40.9 Å². The molecule has 3 aromatic rings. The van der Waals surface area contributed by atoms with E-state index >= 15 is 0 Å². The predicted molar refractivity (Wildman–Crippen MR) is 109 cm³/mol. The number of quaternary nitrogens is 1. The summed E-state index contributed by atoms with van der Waals surface area (Å²) in [5.41, 5.74) is 3.53. The van der Waals surface area contributed by atoms with Crippen LogP contribution in [0.3, 0.4) is 0 Å². The number of anilines is 1. The largest absolute Gasteiger partial charge is 0.321 e. The Kier molecular flexibility index (Phi) is 5.20. The Hall–Kier alpha value is -1.95. The lowest BCUT2D eigenvalue weighted by Gasteiger charge is -2.31. The molecule has 1 unspecified atom stereocenters. The molecule has 2 aromatic heterocycles. The molecule has 1 aromatic carbocycles. The van der Waals surface area contributed by atoms with Gasteiger partial charge in [0, 0.05) is 22.5 Å². The van der Waals surface area contributed by atoms with Crippen molar-refractivity contribution in [3.8, 4) is 0 Å². The third-order valence-electron chi connectivity index (χ3n) is 5.06. The summed E-state index contributed by atoms with van der Waals surface area (Å²) >= 11 is 3.64. The Balaban J connectivity index is 1.54. The van der Waals surface area contributed by atoms with Crippen LogP contribution in [0.15, 0.2) is 53.2 Å². The molecule has 4 rings (SSSR count). The van der Waals surface area contributed by atoms with Crippen LogP contribution in [0.1, 0.15) is 33.8 Å². The van der Waals surface area contributed by atoms with Crippen LogP contribution in [0.4, 0.5) is 5.69 Å². The summed E-state index contributed by atoms with van der Waals surface area (Å²) in [6.07, 6.45) is 1.98. The zero-order chi connectivity index (χ0) is 17.9. The Morgan fingerprint density at radius 3 is 2.85 bits per heavy atom. The van der Waals surface area contributed by atoms with Crippen LogP contribution in [0, 0.1) is 0 Å². The fraction of sp³-hybridized carbons (Fsp3) is 0.286. The van der Waals surface area contributed by atoms with E-state index in [4.69, 9.17) is 0 Å². The van der Waals surface area contributed by atoms with Crippen LogP contribution in [0.25, 0.3) is 0 Å². The number of fused-ring (bicyclic) bond motifs is 1. The van der Waals surface area contributed by atoms with Crippen molar-refractivity contribution in [2.75, 3.05) is 18.4 Å². The number of benzene rings is 1. The summed E-state index contributed by atoms with van der Waals surface area (Å²) in [4.78, 5) is 17.0. The van der Waals surface area contributed by atoms with Gasteiger partial charge in [0.1, 0.15) is 6.04 Å². The van der Waals surface area contributed by atoms with Gasteiger partial charge >= 0.3 is 0 Å². The first-order valence-electron chi connectivity index (χ1n) is 9.08. The van der Waals surface area contributed by atoms with Gasteiger partial charge in [0.05, 0.1) is 11.4 Å². The van der Waals surface area contributed by atoms with E-state index in [9.17, 15) is 4.79 Å². The first-order valence-corrected chi connectivity index (χ1v) is 10.8. The zero-order valence-corrected chi connectivity index (χ0v) is 16.5. The smallest absolute Gasteiger partial charge is 0.279 e. The van der Waals surface area contributed by atoms with E-state index in [-0.39, 0.29) is 11.9 Å². The van der Waals surface area contributed by atoms with E-state index in [0.717, 1.165) is 25.1 Å². The van der Waals surface area contributed by atoms with Gasteiger partial charge in [0.25, 0.3) is 5.91 Å². The van der Waals surface area contributed by atoms with Crippen molar-refractivity contribution in [3.63, 3.8) is 0 Å². The number of hydrogen-bond donors (Lipinski definition) is 2. The summed E-state index contributed by atoms with van der Waals surface area (Å²) in [5.74, 6) is 0.0983. The highest BCUT2D eigenvalue weighted by atomic mass is 32.1. The first kappa shape index (κ1) is 17.5. The molecule has 3 nitrogen and oxygen atoms in total. The highest BCUT2D eigenvalue weighted by Crippen LogP contribution is 2.31. The average molecular weight is 384 g/mol. The van der Waals surface area contributed by atoms with E-state index in [2.05, 4.69) is 47.3 Å². The Labute approximate surface area is 162 Å². The van der Waals surface area contributed by atoms with E-state index in [1.807, 2.05) is 29.5 Å². The van der Waals surface area contributed by atoms with E-state index in [1.54, 1.807) is 11.3 Å². The Bertz CT molecular complexity index is 885. The second kappa shape index (κ2) is 7.74. The van der Waals surface area contributed by atoms with Crippen LogP contribution in [-0.4, -0.2) is 19.0 Å². The maximum Gasteiger partial charge on any atom is 0.279 e. The van der Waals surface area contributed by atoms with Crippen molar-refractivity contribution in [1.82, 2.24) is 0 Å². The molecule has 2 atom stereocenters. The van der Waals surface area contributed by atoms with E-state index in [0.29, 0.717) is 6.54 Å². The molecular weight excluding hydrogens is 360 g/mol. The molecule has 0 spiro atoms. The number of carbonyl (C=O) groups is 1. The molecule has 26 heavy (non-hydrogen) atoms. The van der Waals surface area contributed by atoms with Crippen LogP contribution in [0.5, 0.6) is 0 Å². The van der Waals surface area contributed by atoms with Crippen molar-refractivity contribution in [1.29, 1.82) is 0 Å². The van der Waals surface area contributed by atoms with Crippen molar-refractivity contribution in [3.05, 3.63) is 74.1 Å². The summed E-state index contributed by atoms with van der Waals surface area (Å²) < 4.78 is 0. The fourth-order valence-corrected chi connectivity index (χ4v) is 5.62. The lowest BCUT2D eigenvalue weighted by molar-refractivity contribution is -0.919. The fourth-order valence-electron chi connectivity index (χ4n) is 3.80. The first-order chi connectivity index (χ1) is 12.8. The molecule has 5 heteroatoms. The van der Waals surface area contributed by atoms with Gasteiger partial charge in [0.2, 0.25) is 0 Å². The molecule has 0 bridgehead atoms. The molecule has 0 aliphatic carbocycles. The second-order valence-corrected chi connectivity index (χ2v) is 8.62. The van der Waals surface area contributed by atoms with E-state index in [1.165, 1.54) is 25.8 Å². The third kappa shape index (κ3) is 3.47. The maximum atomic E-state index is 12.8. The molecule has 1 aliphatic heterocycles. The normalized spacial score (nSPS) is 19.1. The number of amides is 1. The lowest BCUT2D eigenvalue weighted by atomic mass is 9.98. The molecule has 3 heterocycles. The molecule has 2 N–H and O–H groups in total. The number of nitrogens with one attached hydrogen (secondary N) is 2. The number of aryl methyl sites for hydroxylation is 1. The van der Waals surface area contributed by atoms with Crippen molar-refractivity contribution < 1.29 is 9.69 Å². The topological polar surface area (TPSA) is 33.5 Å². The van der Waals surface area contributed by atoms with Crippen molar-refractivity contribution in [2.24, 2.45) is 0 Å². The standard InChI is InChI=1S/C21H22N2OS2/c1-2-15-6-3-4-7-17(15)22-20(24)14-23-11-9-18-16(10-13-26-18)21(23)19-8-5-12-25-19/h3-8,10,12-13,21H,2,9,11,14H2,1H3,(H,22,24)/p+1/t21-/m0/s1. The zero-order valence-electron chi connectivity index (χ0n) is 14.8. The predicted octanol–water partition coefficient (Wildman–Crippen LogP) is 3.54. The quantitative estimate of drug-likeness (QED) is 0.694. The Morgan fingerprint density at radius 2 is 2.04 bits per heavy atom. The third-order valence-corrected chi connectivity index (χ3v) is 6.99. The molecule has 0 fully saturated rings. The summed E-state index contributed by atoms with van der Waals surface area (Å²) in [6.45, 7) is 3.61. The monoisotopic (exact) mass is 383 g/mol. The van der Waals surface area contributed by atoms with Crippen LogP contribution in [-0.2, 0) is 17.6 Å². The van der Waals surface area contributed by atoms with Gasteiger partial charge in [-0.2, -0.15) is 0 Å². The van der Waals surface area contributed by atoms with Gasteiger partial charge < -0.3 is 10.2 Å². The molecule has 0 saturated heterocycles. The molecular formula is C21H23N2OS2+. The minimum atomic E-state index is 0.0983. The molecule has 1 amide bonds. The number of hydrogen-bond acceptors (Lipinski definition) is 3. The second-order valence-electron chi connectivity index (χ2n) is 6.64. The van der Waals surface area contributed by atoms with Gasteiger partial charge in [-0.25, -0.2) is 0 Å². The molecule has 134 valence electrons. The van der Waals surface area contributed by atoms with Gasteiger partial charge in [-0.15, -0.1) is 22.7 Å². The average Bonchev–Trinajstić information content (AvgIpc) is 3.33. The highest BCUT2D eigenvalue weighted by molar-refractivity contribution is 7.10. The number of rotatable bonds is 5. The summed E-state index contributed by atoms with van der Waals surface area (Å²) in [7, 11) is 0. The van der Waals surface area contributed by atoms with Gasteiger partial charge in [0.15, 0.2) is 6.54 Å². The number of carbonyl (C=O) groups excluding carboxylic acids is 1. The minimum Gasteiger partial charge on any atom is -0.321 e. The highest BCUT2D eigenvalue weighted by Gasteiger charge is 2.35. The molecule has 0 radical (unpaired) electrons. The van der Waals surface area contributed by atoms with Crippen molar-refractivity contribution >= 4 is 34.3 Å². The van der Waals surface area contributed by atoms with Crippen LogP contribution >= 0.6 is 22.7 Å². The maximum absolute atomic E-state index is 12.8. The van der Waals surface area contributed by atoms with Gasteiger partial charge in [-0.3, -0.25) is 4.79 Å². The molecule has 0 saturated carbocycles. The van der Waals surface area contributed by atoms with Crippen LogP contribution in [0.2, 0.25) is 0 Å². The van der Waals surface area contributed by atoms with Crippen LogP contribution < -0.4 is 10.2 Å².